The number of hydrogen-bond acceptors (Lipinski definition) is 21. The van der Waals surface area contributed by atoms with E-state index in [9.17, 15) is 71.6 Å². The second-order valence-corrected chi connectivity index (χ2v) is 33.7. The maximum absolute atomic E-state index is 13.6. The molecule has 9 heterocycles. The molecule has 1 aliphatic carbocycles. The summed E-state index contributed by atoms with van der Waals surface area (Å²) >= 11 is 0. The predicted molar refractivity (Wildman–Crippen MR) is 486 cm³/mol. The number of hydrogen-bond donors (Lipinski definition) is 4. The van der Waals surface area contributed by atoms with Crippen molar-refractivity contribution < 1.29 is 66.7 Å². The number of aryl methyl sites for hydroxylation is 1. The first kappa shape index (κ1) is 92.3. The van der Waals surface area contributed by atoms with Crippen molar-refractivity contribution in [3.05, 3.63) is 387 Å². The molecular formula is C100H98F3N15O15. The van der Waals surface area contributed by atoms with E-state index in [0.717, 1.165) is 112 Å². The lowest BCUT2D eigenvalue weighted by Crippen LogP contribution is -2.54. The van der Waals surface area contributed by atoms with Crippen LogP contribution in [0.3, 0.4) is 0 Å². The van der Waals surface area contributed by atoms with Crippen LogP contribution in [0.15, 0.2) is 287 Å². The average Bonchev–Trinajstić information content (AvgIpc) is 1.26. The molecule has 5 aliphatic rings. The molecule has 30 nitrogen and oxygen atoms in total. The second-order valence-electron chi connectivity index (χ2n) is 33.7. The number of carbonyl (C=O) groups excluding carboxylic acids is 5. The van der Waals surface area contributed by atoms with Crippen LogP contribution in [0.25, 0.3) is 0 Å². The number of nitrogens with two attached hydrogens (primary N) is 1. The lowest BCUT2D eigenvalue weighted by molar-refractivity contribution is -0.174. The molecule has 33 heteroatoms. The molecule has 1 saturated carbocycles. The summed E-state index contributed by atoms with van der Waals surface area (Å²) in [6.07, 6.45) is 6.50. The van der Waals surface area contributed by atoms with E-state index < -0.39 is 105 Å². The minimum absolute atomic E-state index is 0.0289. The van der Waals surface area contributed by atoms with Crippen LogP contribution in [-0.2, 0) is 23.0 Å². The van der Waals surface area contributed by atoms with Gasteiger partial charge >= 0.3 is 12.1 Å². The Morgan fingerprint density at radius 3 is 1.16 bits per heavy atom. The fourth-order valence-corrected chi connectivity index (χ4v) is 17.6. The Balaban J connectivity index is 0.000000136. The van der Waals surface area contributed by atoms with Crippen molar-refractivity contribution in [2.45, 2.75) is 125 Å². The SMILES string of the molecule is CC(N)C(=O)OCOc1c2n(ncc1=O)C(C(c1ccccc1)c1ccccc1)CN(C(C)C)C2=O.CC(N1CC(C(c2ccccc2)c2ccccc2)n2ncc(=O)c(O)c2C1=O)C(F)(F)F.CN1CC(C(c2ccccc2)c2cccc(Cc3cnn(C)c3)c2)n2ncc(=O)c(O)c2C1=O.CN1CC(C(c2ccccc2)c2cccc(OC3CC3)c2)n2ncc(=O)c(O)c2C1=O. The van der Waals surface area contributed by atoms with E-state index in [4.69, 9.17) is 19.9 Å². The Labute approximate surface area is 761 Å². The first-order valence-corrected chi connectivity index (χ1v) is 43.4. The molecule has 684 valence electrons. The van der Waals surface area contributed by atoms with Crippen LogP contribution >= 0.6 is 0 Å². The molecule has 18 rings (SSSR count). The van der Waals surface area contributed by atoms with Gasteiger partial charge in [0, 0.05) is 89.7 Å². The standard InChI is InChI=1S/C27H30N4O5.C26H25N5O3.C24H23N3O4.C23H20F3N3O3/c1-17(2)30-15-21(23(19-10-6-4-7-11-19)20-12-8-5-9-13-20)31-24(26(30)33)25(22(32)14-29-31)35-16-36-27(34)18(3)28;1-29-16-21(31-24(26(29)34)25(33)22(32)14-28-31)23(19-8-4-3-5-9-19)20-10-6-7-17(12-20)11-18-13-27-30(2)15-18;1-26-14-19(27-22(24(26)30)23(29)20(28)13-25-27)21(15-6-3-2-4-7-15)16-8-5-9-18(12-16)31-17-10-11-17;1-14(23(24,25)26)28-13-17(29-20(22(28)32)21(31)18(30)12-27-29)19(15-8-4-2-5-9-15)16-10-6-3-7-11-16/h4-14,17-18,21,23H,15-16,28H2,1-3H3;3-10,12-15,21,23,33H,11,16H2,1-2H3;2-9,12-13,17,19,21,29H,10-11,14H2,1H3;2-12,14,17,19,31H,13H2,1H3. The van der Waals surface area contributed by atoms with Gasteiger partial charge < -0.3 is 54.9 Å². The van der Waals surface area contributed by atoms with Crippen LogP contribution in [0.5, 0.6) is 28.7 Å². The number of aromatic nitrogens is 10. The van der Waals surface area contributed by atoms with Gasteiger partial charge in [-0.1, -0.05) is 218 Å². The summed E-state index contributed by atoms with van der Waals surface area (Å²) in [6, 6.07) is 69.7. The molecule has 0 radical (unpaired) electrons. The lowest BCUT2D eigenvalue weighted by atomic mass is 9.83. The number of nitrogens with zero attached hydrogens (tertiary/aromatic N) is 14. The predicted octanol–water partition coefficient (Wildman–Crippen LogP) is 12.1. The number of halogens is 3. The second kappa shape index (κ2) is 39.9. The summed E-state index contributed by atoms with van der Waals surface area (Å²) < 4.78 is 64.9. The van der Waals surface area contributed by atoms with Gasteiger partial charge in [0.1, 0.15) is 17.8 Å². The summed E-state index contributed by atoms with van der Waals surface area (Å²) in [4.78, 5) is 118. The number of alkyl halides is 3. The van der Waals surface area contributed by atoms with Gasteiger partial charge in [0.2, 0.25) is 34.3 Å². The number of rotatable bonds is 22. The van der Waals surface area contributed by atoms with Crippen LogP contribution in [0, 0.1) is 0 Å². The number of amides is 4. The summed E-state index contributed by atoms with van der Waals surface area (Å²) in [7, 11) is 5.25. The van der Waals surface area contributed by atoms with Crippen molar-refractivity contribution in [2.24, 2.45) is 12.8 Å². The van der Waals surface area contributed by atoms with Gasteiger partial charge in [-0.05, 0) is 108 Å². The van der Waals surface area contributed by atoms with Gasteiger partial charge in [-0.2, -0.15) is 38.7 Å². The Kier molecular flexibility index (Phi) is 27.7. The quantitative estimate of drug-likeness (QED) is 0.0362. The normalized spacial score (nSPS) is 17.2. The first-order chi connectivity index (χ1) is 63.9. The molecule has 4 aliphatic heterocycles. The Bertz CT molecular complexity index is 6570. The zero-order valence-electron chi connectivity index (χ0n) is 73.7. The Morgan fingerprint density at radius 2 is 0.774 bits per heavy atom. The molecule has 8 aromatic carbocycles. The molecule has 5 N–H and O–H groups in total. The average molecular weight is 1810 g/mol. The molecule has 0 bridgehead atoms. The van der Waals surface area contributed by atoms with Crippen molar-refractivity contribution in [3.8, 4) is 28.7 Å². The number of ether oxygens (including phenoxy) is 3. The zero-order valence-corrected chi connectivity index (χ0v) is 73.7. The summed E-state index contributed by atoms with van der Waals surface area (Å²) in [6.45, 7) is 6.50. The number of benzene rings is 8. The zero-order chi connectivity index (χ0) is 94.2. The highest BCUT2D eigenvalue weighted by Gasteiger charge is 2.50. The van der Waals surface area contributed by atoms with E-state index in [1.165, 1.54) is 30.8 Å². The molecule has 133 heavy (non-hydrogen) atoms. The number of likely N-dealkylation sites (N-methyl/N-ethyl adjacent to an activating group) is 2. The van der Waals surface area contributed by atoms with Crippen molar-refractivity contribution in [1.29, 1.82) is 0 Å². The third-order valence-electron chi connectivity index (χ3n) is 24.3. The van der Waals surface area contributed by atoms with Gasteiger partial charge in [0.25, 0.3) is 23.6 Å². The van der Waals surface area contributed by atoms with Crippen LogP contribution in [0.2, 0.25) is 0 Å². The van der Waals surface area contributed by atoms with Crippen molar-refractivity contribution in [1.82, 2.24) is 68.5 Å². The van der Waals surface area contributed by atoms with Crippen molar-refractivity contribution in [3.63, 3.8) is 0 Å². The van der Waals surface area contributed by atoms with Crippen molar-refractivity contribution >= 4 is 29.6 Å². The fourth-order valence-electron chi connectivity index (χ4n) is 17.6. The number of carbonyl (C=O) groups is 5. The van der Waals surface area contributed by atoms with Gasteiger partial charge in [0.05, 0.1) is 61.3 Å². The maximum Gasteiger partial charge on any atom is 0.408 e. The number of esters is 1. The topological polar surface area (TPSA) is 370 Å². The van der Waals surface area contributed by atoms with E-state index in [1.807, 2.05) is 233 Å². The Hall–Kier alpha value is -15.4. The largest absolute Gasteiger partial charge is 0.502 e. The fraction of sp³-hybridized carbons (Fsp3) is 0.280. The highest BCUT2D eigenvalue weighted by molar-refractivity contribution is 5.98. The third-order valence-corrected chi connectivity index (χ3v) is 24.3. The van der Waals surface area contributed by atoms with Gasteiger partial charge in [-0.15, -0.1) is 0 Å². The van der Waals surface area contributed by atoms with E-state index in [0.29, 0.717) is 24.5 Å². The van der Waals surface area contributed by atoms with E-state index in [2.05, 4.69) is 55.8 Å². The number of aromatic hydroxyl groups is 3. The highest BCUT2D eigenvalue weighted by Crippen LogP contribution is 2.46. The first-order valence-electron chi connectivity index (χ1n) is 43.4. The lowest BCUT2D eigenvalue weighted by Gasteiger charge is -2.41. The number of fused-ring (bicyclic) bond motifs is 4. The van der Waals surface area contributed by atoms with Crippen LogP contribution in [-0.4, -0.2) is 191 Å². The molecule has 4 amide bonds. The summed E-state index contributed by atoms with van der Waals surface area (Å²) in [5, 5.41) is 52.5. The van der Waals surface area contributed by atoms with Crippen molar-refractivity contribution in [2.75, 3.05) is 47.1 Å². The highest BCUT2D eigenvalue weighted by atomic mass is 19.4. The van der Waals surface area contributed by atoms with E-state index in [-0.39, 0.29) is 83.3 Å². The minimum atomic E-state index is -4.69. The van der Waals surface area contributed by atoms with Crippen LogP contribution in [0.4, 0.5) is 13.2 Å². The molecule has 13 aromatic rings. The van der Waals surface area contributed by atoms with Crippen LogP contribution in [0.1, 0.15) is 186 Å². The van der Waals surface area contributed by atoms with Gasteiger partial charge in [-0.3, -0.25) is 66.6 Å². The van der Waals surface area contributed by atoms with E-state index in [1.54, 1.807) is 28.4 Å². The van der Waals surface area contributed by atoms with Crippen LogP contribution < -0.4 is 36.9 Å². The smallest absolute Gasteiger partial charge is 0.408 e. The molecule has 8 atom stereocenters. The Morgan fingerprint density at radius 1 is 0.421 bits per heavy atom. The summed E-state index contributed by atoms with van der Waals surface area (Å²) in [5.41, 5.74) is 12.2. The third kappa shape index (κ3) is 20.0. The monoisotopic (exact) mass is 1810 g/mol. The molecule has 5 aromatic heterocycles. The van der Waals surface area contributed by atoms with E-state index >= 15 is 0 Å². The molecule has 0 saturated heterocycles. The van der Waals surface area contributed by atoms with Gasteiger partial charge in [-0.25, -0.2) is 0 Å². The van der Waals surface area contributed by atoms with Gasteiger partial charge in [0.15, 0.2) is 40.0 Å². The molecular weight excluding hydrogens is 1710 g/mol. The minimum Gasteiger partial charge on any atom is -0.502 e. The molecule has 8 unspecified atom stereocenters. The maximum atomic E-state index is 13.6. The molecule has 0 spiro atoms. The molecule has 1 fully saturated rings. The summed E-state index contributed by atoms with van der Waals surface area (Å²) in [5.74, 6) is -5.41.